The topological polar surface area (TPSA) is 28.7 Å². The van der Waals surface area contributed by atoms with Crippen molar-refractivity contribution in [3.63, 3.8) is 0 Å². The Bertz CT molecular complexity index is 616. The van der Waals surface area contributed by atoms with E-state index >= 15 is 0 Å². The monoisotopic (exact) mass is 337 g/mol. The number of aromatic nitrogens is 2. The molecule has 1 aromatic carbocycles. The van der Waals surface area contributed by atoms with Crippen LogP contribution >= 0.6 is 11.3 Å². The molecule has 0 atom stereocenters. The Morgan fingerprint density at radius 2 is 1.67 bits per heavy atom. The van der Waals surface area contributed by atoms with E-state index in [-0.39, 0.29) is 26.0 Å². The standard InChI is InChI=1S/C14H12N2S.C2H6.CH4.V/c1-10-13(11-6-3-2-4-7-11)15-16-14(10)12-8-5-9-17-12;1-2;;/h2-9H,1H3,(H,15,16);1-2H3;1H4;. The summed E-state index contributed by atoms with van der Waals surface area (Å²) in [7, 11) is 0. The zero-order chi connectivity index (χ0) is 13.7. The molecule has 0 bridgehead atoms. The molecule has 4 heteroatoms. The quantitative estimate of drug-likeness (QED) is 0.631. The number of hydrogen-bond acceptors (Lipinski definition) is 2. The molecule has 0 fully saturated rings. The van der Waals surface area contributed by atoms with E-state index in [1.54, 1.807) is 11.3 Å². The fourth-order valence-corrected chi connectivity index (χ4v) is 2.71. The second-order valence-corrected chi connectivity index (χ2v) is 4.86. The van der Waals surface area contributed by atoms with Crippen LogP contribution in [-0.2, 0) is 18.6 Å². The van der Waals surface area contributed by atoms with E-state index in [2.05, 4.69) is 46.8 Å². The van der Waals surface area contributed by atoms with Crippen molar-refractivity contribution in [2.75, 3.05) is 0 Å². The van der Waals surface area contributed by atoms with E-state index in [4.69, 9.17) is 0 Å². The summed E-state index contributed by atoms with van der Waals surface area (Å²) in [6.07, 6.45) is 0. The number of thiophene rings is 1. The van der Waals surface area contributed by atoms with Crippen LogP contribution in [0, 0.1) is 6.92 Å². The Kier molecular flexibility index (Phi) is 9.03. The molecule has 1 N–H and O–H groups in total. The molecule has 2 aromatic heterocycles. The summed E-state index contributed by atoms with van der Waals surface area (Å²) in [5.41, 5.74) is 4.52. The predicted molar refractivity (Wildman–Crippen MR) is 90.2 cm³/mol. The maximum absolute atomic E-state index is 4.42. The molecule has 0 saturated heterocycles. The minimum Gasteiger partial charge on any atom is -0.276 e. The van der Waals surface area contributed by atoms with Gasteiger partial charge in [0, 0.05) is 29.7 Å². The zero-order valence-electron chi connectivity index (χ0n) is 11.9. The van der Waals surface area contributed by atoms with Crippen LogP contribution in [0.5, 0.6) is 0 Å². The summed E-state index contributed by atoms with van der Waals surface area (Å²) < 4.78 is 0. The molecular formula is C17H22N2SV. The Balaban J connectivity index is 0.000000961. The van der Waals surface area contributed by atoms with Crippen molar-refractivity contribution in [3.05, 3.63) is 53.4 Å². The molecular weight excluding hydrogens is 315 g/mol. The SMILES string of the molecule is C.CC.Cc1c(-c2ccccc2)n[nH]c1-c1cccs1.[V]. The van der Waals surface area contributed by atoms with Crippen molar-refractivity contribution in [2.24, 2.45) is 0 Å². The molecule has 0 aliphatic carbocycles. The molecule has 3 aromatic rings. The third kappa shape index (κ3) is 4.34. The van der Waals surface area contributed by atoms with Crippen LogP contribution in [-0.4, -0.2) is 10.2 Å². The van der Waals surface area contributed by atoms with Crippen LogP contribution in [0.15, 0.2) is 47.8 Å². The van der Waals surface area contributed by atoms with Crippen LogP contribution in [0.4, 0.5) is 0 Å². The van der Waals surface area contributed by atoms with Gasteiger partial charge in [0.1, 0.15) is 0 Å². The molecule has 0 unspecified atom stereocenters. The molecule has 21 heavy (non-hydrogen) atoms. The van der Waals surface area contributed by atoms with E-state index in [0.717, 1.165) is 17.0 Å². The van der Waals surface area contributed by atoms with Gasteiger partial charge in [0.25, 0.3) is 0 Å². The van der Waals surface area contributed by atoms with E-state index in [9.17, 15) is 0 Å². The van der Waals surface area contributed by atoms with Gasteiger partial charge < -0.3 is 0 Å². The molecule has 0 aliphatic heterocycles. The summed E-state index contributed by atoms with van der Waals surface area (Å²) in [4.78, 5) is 1.23. The van der Waals surface area contributed by atoms with E-state index in [1.807, 2.05) is 32.0 Å². The van der Waals surface area contributed by atoms with Gasteiger partial charge in [0.05, 0.1) is 16.3 Å². The first-order valence-corrected chi connectivity index (χ1v) is 7.38. The van der Waals surface area contributed by atoms with E-state index < -0.39 is 0 Å². The summed E-state index contributed by atoms with van der Waals surface area (Å²) >= 11 is 1.73. The molecule has 0 aliphatic rings. The van der Waals surface area contributed by atoms with Crippen molar-refractivity contribution in [3.8, 4) is 21.8 Å². The number of hydrogen-bond donors (Lipinski definition) is 1. The summed E-state index contributed by atoms with van der Waals surface area (Å²) in [6, 6.07) is 14.4. The number of H-pyrrole nitrogens is 1. The van der Waals surface area contributed by atoms with Gasteiger partial charge in [0.15, 0.2) is 0 Å². The maximum atomic E-state index is 4.42. The normalized spacial score (nSPS) is 8.90. The van der Waals surface area contributed by atoms with Crippen LogP contribution in [0.3, 0.4) is 0 Å². The first-order valence-electron chi connectivity index (χ1n) is 6.50. The zero-order valence-corrected chi connectivity index (χ0v) is 14.1. The van der Waals surface area contributed by atoms with Gasteiger partial charge in [-0.3, -0.25) is 5.10 Å². The minimum atomic E-state index is 0. The van der Waals surface area contributed by atoms with E-state index in [1.165, 1.54) is 10.4 Å². The Labute approximate surface area is 143 Å². The summed E-state index contributed by atoms with van der Waals surface area (Å²) in [5, 5.41) is 9.64. The summed E-state index contributed by atoms with van der Waals surface area (Å²) in [5.74, 6) is 0. The third-order valence-electron chi connectivity index (χ3n) is 2.82. The number of aromatic amines is 1. The number of benzene rings is 1. The van der Waals surface area contributed by atoms with Crippen molar-refractivity contribution in [2.45, 2.75) is 28.2 Å². The van der Waals surface area contributed by atoms with Crippen LogP contribution in [0.25, 0.3) is 21.8 Å². The van der Waals surface area contributed by atoms with Gasteiger partial charge in [-0.1, -0.05) is 57.7 Å². The molecule has 0 amide bonds. The second-order valence-electron chi connectivity index (χ2n) is 3.92. The summed E-state index contributed by atoms with van der Waals surface area (Å²) in [6.45, 7) is 6.11. The van der Waals surface area contributed by atoms with Crippen molar-refractivity contribution >= 4 is 11.3 Å². The van der Waals surface area contributed by atoms with Crippen molar-refractivity contribution in [1.82, 2.24) is 10.2 Å². The maximum Gasteiger partial charge on any atom is 0.0956 e. The molecule has 2 heterocycles. The average molecular weight is 337 g/mol. The minimum absolute atomic E-state index is 0. The Hall–Kier alpha value is -1.29. The Morgan fingerprint density at radius 3 is 2.24 bits per heavy atom. The largest absolute Gasteiger partial charge is 0.276 e. The van der Waals surface area contributed by atoms with Crippen molar-refractivity contribution in [1.29, 1.82) is 0 Å². The molecule has 2 nitrogen and oxygen atoms in total. The van der Waals surface area contributed by atoms with Gasteiger partial charge in [-0.25, -0.2) is 0 Å². The van der Waals surface area contributed by atoms with Gasteiger partial charge in [-0.05, 0) is 18.4 Å². The van der Waals surface area contributed by atoms with Crippen molar-refractivity contribution < 1.29 is 18.6 Å². The third-order valence-corrected chi connectivity index (χ3v) is 3.71. The van der Waals surface area contributed by atoms with Gasteiger partial charge in [-0.15, -0.1) is 11.3 Å². The smallest absolute Gasteiger partial charge is 0.0956 e. The Morgan fingerprint density at radius 1 is 1.00 bits per heavy atom. The van der Waals surface area contributed by atoms with Gasteiger partial charge in [0.2, 0.25) is 0 Å². The fourth-order valence-electron chi connectivity index (χ4n) is 1.94. The molecule has 0 saturated carbocycles. The number of nitrogens with one attached hydrogen (secondary N) is 1. The first kappa shape index (κ1) is 19.7. The molecule has 111 valence electrons. The molecule has 3 rings (SSSR count). The fraction of sp³-hybridized carbons (Fsp3) is 0.235. The molecule has 1 radical (unpaired) electrons. The van der Waals surface area contributed by atoms with Gasteiger partial charge in [-0.2, -0.15) is 5.10 Å². The van der Waals surface area contributed by atoms with Crippen LogP contribution < -0.4 is 0 Å². The molecule has 0 spiro atoms. The van der Waals surface area contributed by atoms with Crippen LogP contribution in [0.1, 0.15) is 26.8 Å². The first-order chi connectivity index (χ1) is 9.36. The van der Waals surface area contributed by atoms with Crippen LogP contribution in [0.2, 0.25) is 0 Å². The van der Waals surface area contributed by atoms with E-state index in [0.29, 0.717) is 0 Å². The van der Waals surface area contributed by atoms with Gasteiger partial charge >= 0.3 is 0 Å². The number of rotatable bonds is 2. The average Bonchev–Trinajstić information content (AvgIpc) is 3.11. The predicted octanol–water partition coefficient (Wildman–Crippen LogP) is 5.77. The second kappa shape index (κ2) is 9.61. The number of nitrogens with zero attached hydrogens (tertiary/aromatic N) is 1.